The van der Waals surface area contributed by atoms with Gasteiger partial charge in [-0.1, -0.05) is 12.1 Å². The Balaban J connectivity index is 2.95. The van der Waals surface area contributed by atoms with Gasteiger partial charge in [-0.2, -0.15) is 0 Å². The zero-order valence-electron chi connectivity index (χ0n) is 9.74. The Hall–Kier alpha value is -0.670. The van der Waals surface area contributed by atoms with Gasteiger partial charge in [-0.05, 0) is 39.3 Å². The van der Waals surface area contributed by atoms with E-state index in [0.29, 0.717) is 0 Å². The molecule has 0 bridgehead atoms. The third kappa shape index (κ3) is 2.89. The SMILES string of the molecule is Cc1cccc(SC(C)(C)[C@H](C)O)c1N. The average Bonchev–Trinajstić information content (AvgIpc) is 2.12. The average molecular weight is 225 g/mol. The highest BCUT2D eigenvalue weighted by molar-refractivity contribution is 8.00. The monoisotopic (exact) mass is 225 g/mol. The quantitative estimate of drug-likeness (QED) is 0.614. The summed E-state index contributed by atoms with van der Waals surface area (Å²) in [5.74, 6) is 0. The summed E-state index contributed by atoms with van der Waals surface area (Å²) in [5, 5.41) is 9.64. The van der Waals surface area contributed by atoms with Gasteiger partial charge in [0, 0.05) is 15.3 Å². The first-order valence-electron chi connectivity index (χ1n) is 5.07. The Kier molecular flexibility index (Phi) is 3.68. The maximum atomic E-state index is 9.64. The highest BCUT2D eigenvalue weighted by Crippen LogP contribution is 2.38. The number of benzene rings is 1. The molecule has 3 heteroatoms. The molecule has 0 aromatic heterocycles. The Morgan fingerprint density at radius 2 is 2.00 bits per heavy atom. The summed E-state index contributed by atoms with van der Waals surface area (Å²) in [6.45, 7) is 7.84. The molecule has 0 aliphatic carbocycles. The van der Waals surface area contributed by atoms with Crippen LogP contribution in [0.4, 0.5) is 5.69 Å². The van der Waals surface area contributed by atoms with Crippen molar-refractivity contribution in [2.75, 3.05) is 5.73 Å². The topological polar surface area (TPSA) is 46.2 Å². The normalized spacial score (nSPS) is 13.9. The molecule has 1 atom stereocenters. The lowest BCUT2D eigenvalue weighted by Gasteiger charge is -2.28. The van der Waals surface area contributed by atoms with Crippen LogP contribution in [0.2, 0.25) is 0 Å². The zero-order chi connectivity index (χ0) is 11.6. The number of thioether (sulfide) groups is 1. The summed E-state index contributed by atoms with van der Waals surface area (Å²) in [6, 6.07) is 5.98. The van der Waals surface area contributed by atoms with Crippen LogP contribution < -0.4 is 5.73 Å². The molecule has 0 aliphatic rings. The molecule has 0 radical (unpaired) electrons. The summed E-state index contributed by atoms with van der Waals surface area (Å²) in [5.41, 5.74) is 7.89. The molecule has 1 aromatic carbocycles. The van der Waals surface area contributed by atoms with Gasteiger partial charge in [0.05, 0.1) is 6.10 Å². The fourth-order valence-electron chi connectivity index (χ4n) is 1.11. The van der Waals surface area contributed by atoms with E-state index in [2.05, 4.69) is 0 Å². The van der Waals surface area contributed by atoms with Gasteiger partial charge in [0.15, 0.2) is 0 Å². The van der Waals surface area contributed by atoms with Crippen molar-refractivity contribution in [3.8, 4) is 0 Å². The minimum atomic E-state index is -0.373. The number of rotatable bonds is 3. The minimum absolute atomic E-state index is 0.220. The highest BCUT2D eigenvalue weighted by Gasteiger charge is 2.26. The maximum absolute atomic E-state index is 9.64. The maximum Gasteiger partial charge on any atom is 0.0656 e. The van der Waals surface area contributed by atoms with E-state index in [4.69, 9.17) is 5.73 Å². The summed E-state index contributed by atoms with van der Waals surface area (Å²) < 4.78 is -0.220. The van der Waals surface area contributed by atoms with Crippen LogP contribution in [0.3, 0.4) is 0 Å². The van der Waals surface area contributed by atoms with E-state index in [1.807, 2.05) is 39.0 Å². The van der Waals surface area contributed by atoms with Crippen molar-refractivity contribution >= 4 is 17.4 Å². The van der Waals surface area contributed by atoms with E-state index in [1.54, 1.807) is 18.7 Å². The smallest absolute Gasteiger partial charge is 0.0656 e. The Bertz CT molecular complexity index is 347. The number of aryl methyl sites for hydroxylation is 1. The lowest BCUT2D eigenvalue weighted by Crippen LogP contribution is -2.29. The first kappa shape index (κ1) is 12.4. The number of anilines is 1. The molecule has 0 aliphatic heterocycles. The number of nitrogens with two attached hydrogens (primary N) is 1. The molecule has 84 valence electrons. The molecule has 0 saturated carbocycles. The molecule has 0 fully saturated rings. The standard InChI is InChI=1S/C12H19NOS/c1-8-6-5-7-10(11(8)13)15-12(3,4)9(2)14/h5-7,9,14H,13H2,1-4H3/t9-/m0/s1. The van der Waals surface area contributed by atoms with E-state index in [9.17, 15) is 5.11 Å². The van der Waals surface area contributed by atoms with Crippen LogP contribution >= 0.6 is 11.8 Å². The lowest BCUT2D eigenvalue weighted by atomic mass is 10.1. The van der Waals surface area contributed by atoms with Crippen LogP contribution in [0.25, 0.3) is 0 Å². The van der Waals surface area contributed by atoms with Gasteiger partial charge in [-0.15, -0.1) is 11.8 Å². The van der Waals surface area contributed by atoms with Crippen molar-refractivity contribution in [1.82, 2.24) is 0 Å². The molecule has 0 unspecified atom stereocenters. The predicted octanol–water partition coefficient (Wildman–Crippen LogP) is 2.83. The molecule has 1 rings (SSSR count). The molecular weight excluding hydrogens is 206 g/mol. The largest absolute Gasteiger partial charge is 0.398 e. The number of hydrogen-bond donors (Lipinski definition) is 2. The van der Waals surface area contributed by atoms with Crippen molar-refractivity contribution in [3.05, 3.63) is 23.8 Å². The third-order valence-electron chi connectivity index (χ3n) is 2.66. The van der Waals surface area contributed by atoms with E-state index < -0.39 is 0 Å². The van der Waals surface area contributed by atoms with Gasteiger partial charge >= 0.3 is 0 Å². The first-order chi connectivity index (χ1) is 6.84. The van der Waals surface area contributed by atoms with Gasteiger partial charge in [0.1, 0.15) is 0 Å². The summed E-state index contributed by atoms with van der Waals surface area (Å²) in [6.07, 6.45) is -0.373. The van der Waals surface area contributed by atoms with Gasteiger partial charge in [-0.3, -0.25) is 0 Å². The number of aliphatic hydroxyl groups excluding tert-OH is 1. The molecule has 15 heavy (non-hydrogen) atoms. The van der Waals surface area contributed by atoms with Crippen LogP contribution in [0.15, 0.2) is 23.1 Å². The molecule has 0 heterocycles. The van der Waals surface area contributed by atoms with Gasteiger partial charge in [-0.25, -0.2) is 0 Å². The summed E-state index contributed by atoms with van der Waals surface area (Å²) in [4.78, 5) is 1.04. The van der Waals surface area contributed by atoms with Crippen LogP contribution in [0, 0.1) is 6.92 Å². The minimum Gasteiger partial charge on any atom is -0.398 e. The van der Waals surface area contributed by atoms with Gasteiger partial charge < -0.3 is 10.8 Å². The first-order valence-corrected chi connectivity index (χ1v) is 5.88. The van der Waals surface area contributed by atoms with Crippen LogP contribution in [-0.4, -0.2) is 16.0 Å². The molecular formula is C12H19NOS. The van der Waals surface area contributed by atoms with Crippen LogP contribution in [0.1, 0.15) is 26.3 Å². The summed E-state index contributed by atoms with van der Waals surface area (Å²) in [7, 11) is 0. The van der Waals surface area contributed by atoms with Gasteiger partial charge in [0.25, 0.3) is 0 Å². The van der Waals surface area contributed by atoms with Crippen molar-refractivity contribution in [1.29, 1.82) is 0 Å². The van der Waals surface area contributed by atoms with Gasteiger partial charge in [0.2, 0.25) is 0 Å². The van der Waals surface area contributed by atoms with Crippen molar-refractivity contribution < 1.29 is 5.11 Å². The van der Waals surface area contributed by atoms with E-state index in [-0.39, 0.29) is 10.9 Å². The Morgan fingerprint density at radius 1 is 1.40 bits per heavy atom. The van der Waals surface area contributed by atoms with Crippen molar-refractivity contribution in [2.24, 2.45) is 0 Å². The Morgan fingerprint density at radius 3 is 2.53 bits per heavy atom. The molecule has 0 saturated heterocycles. The van der Waals surface area contributed by atoms with E-state index >= 15 is 0 Å². The van der Waals surface area contributed by atoms with Crippen LogP contribution in [-0.2, 0) is 0 Å². The molecule has 2 nitrogen and oxygen atoms in total. The second kappa shape index (κ2) is 4.45. The number of aliphatic hydroxyl groups is 1. The number of nitrogen functional groups attached to an aromatic ring is 1. The van der Waals surface area contributed by atoms with E-state index in [1.165, 1.54) is 0 Å². The highest BCUT2D eigenvalue weighted by atomic mass is 32.2. The lowest BCUT2D eigenvalue weighted by molar-refractivity contribution is 0.161. The fraction of sp³-hybridized carbons (Fsp3) is 0.500. The summed E-state index contributed by atoms with van der Waals surface area (Å²) >= 11 is 1.62. The molecule has 1 aromatic rings. The fourth-order valence-corrected chi connectivity index (χ4v) is 2.27. The number of para-hydroxylation sites is 1. The van der Waals surface area contributed by atoms with Crippen molar-refractivity contribution in [2.45, 2.75) is 43.4 Å². The zero-order valence-corrected chi connectivity index (χ0v) is 10.6. The predicted molar refractivity (Wildman–Crippen MR) is 67.2 cm³/mol. The molecule has 0 spiro atoms. The molecule has 3 N–H and O–H groups in total. The van der Waals surface area contributed by atoms with Crippen molar-refractivity contribution in [3.63, 3.8) is 0 Å². The third-order valence-corrected chi connectivity index (χ3v) is 4.11. The second-order valence-electron chi connectivity index (χ2n) is 4.37. The Labute approximate surface area is 95.9 Å². The molecule has 0 amide bonds. The van der Waals surface area contributed by atoms with Crippen LogP contribution in [0.5, 0.6) is 0 Å². The number of hydrogen-bond acceptors (Lipinski definition) is 3. The van der Waals surface area contributed by atoms with E-state index in [0.717, 1.165) is 16.1 Å². The second-order valence-corrected chi connectivity index (χ2v) is 6.06.